The molecule has 2 heterocycles. The molecule has 3 nitrogen and oxygen atoms in total. The number of pyridine rings is 1. The molecule has 2 aromatic rings. The third-order valence-electron chi connectivity index (χ3n) is 3.37. The first kappa shape index (κ1) is 11.2. The fourth-order valence-electron chi connectivity index (χ4n) is 2.34. The van der Waals surface area contributed by atoms with Crippen molar-refractivity contribution in [2.24, 2.45) is 0 Å². The van der Waals surface area contributed by atoms with Crippen molar-refractivity contribution in [2.75, 3.05) is 6.61 Å². The van der Waals surface area contributed by atoms with E-state index in [9.17, 15) is 5.11 Å². The summed E-state index contributed by atoms with van der Waals surface area (Å²) >= 11 is 0. The maximum atomic E-state index is 10.4. The van der Waals surface area contributed by atoms with Crippen LogP contribution in [0.15, 0.2) is 36.5 Å². The molecule has 0 saturated carbocycles. The van der Waals surface area contributed by atoms with E-state index in [-0.39, 0.29) is 0 Å². The van der Waals surface area contributed by atoms with Gasteiger partial charge < -0.3 is 9.84 Å². The van der Waals surface area contributed by atoms with Crippen LogP contribution in [0, 0.1) is 6.92 Å². The molecule has 1 N–H and O–H groups in total. The van der Waals surface area contributed by atoms with E-state index in [0.717, 1.165) is 35.6 Å². The lowest BCUT2D eigenvalue weighted by Gasteiger charge is -2.14. The quantitative estimate of drug-likeness (QED) is 0.878. The zero-order chi connectivity index (χ0) is 12.5. The smallest absolute Gasteiger partial charge is 0.122 e. The van der Waals surface area contributed by atoms with Crippen molar-refractivity contribution < 1.29 is 9.84 Å². The first-order valence-corrected chi connectivity index (χ1v) is 6.11. The van der Waals surface area contributed by atoms with Gasteiger partial charge in [0.1, 0.15) is 11.9 Å². The summed E-state index contributed by atoms with van der Waals surface area (Å²) < 4.78 is 5.47. The summed E-state index contributed by atoms with van der Waals surface area (Å²) in [6.45, 7) is 2.65. The molecule has 0 saturated heterocycles. The molecule has 92 valence electrons. The third kappa shape index (κ3) is 1.87. The maximum absolute atomic E-state index is 10.4. The number of aliphatic hydroxyl groups excluding tert-OH is 1. The van der Waals surface area contributed by atoms with Gasteiger partial charge in [0.25, 0.3) is 0 Å². The number of hydrogen-bond donors (Lipinski definition) is 1. The van der Waals surface area contributed by atoms with Gasteiger partial charge in [-0.15, -0.1) is 0 Å². The number of ether oxygens (including phenoxy) is 1. The summed E-state index contributed by atoms with van der Waals surface area (Å²) in [4.78, 5) is 4.21. The molecule has 0 fully saturated rings. The molecule has 1 atom stereocenters. The van der Waals surface area contributed by atoms with Gasteiger partial charge in [0, 0.05) is 23.9 Å². The van der Waals surface area contributed by atoms with Gasteiger partial charge in [-0.3, -0.25) is 4.98 Å². The van der Waals surface area contributed by atoms with Gasteiger partial charge in [0.15, 0.2) is 0 Å². The number of fused-ring (bicyclic) bond motifs is 1. The SMILES string of the molecule is Cc1ncccc1C(O)c1ccc2c(c1)CCO2. The Morgan fingerprint density at radius 2 is 2.22 bits per heavy atom. The minimum Gasteiger partial charge on any atom is -0.493 e. The Labute approximate surface area is 106 Å². The predicted octanol–water partition coefficient (Wildman–Crippen LogP) is 2.41. The van der Waals surface area contributed by atoms with Crippen LogP contribution < -0.4 is 4.74 Å². The topological polar surface area (TPSA) is 42.4 Å². The second-order valence-electron chi connectivity index (χ2n) is 4.55. The molecule has 0 radical (unpaired) electrons. The summed E-state index contributed by atoms with van der Waals surface area (Å²) in [6.07, 6.45) is 2.04. The Bertz CT molecular complexity index is 580. The highest BCUT2D eigenvalue weighted by Crippen LogP contribution is 2.31. The van der Waals surface area contributed by atoms with Gasteiger partial charge in [-0.2, -0.15) is 0 Å². The van der Waals surface area contributed by atoms with Crippen LogP contribution in [-0.4, -0.2) is 16.7 Å². The minimum absolute atomic E-state index is 0.621. The van der Waals surface area contributed by atoms with Crippen LogP contribution in [0.3, 0.4) is 0 Å². The normalized spacial score (nSPS) is 15.0. The number of rotatable bonds is 2. The standard InChI is InChI=1S/C15H15NO2/c1-10-13(3-2-7-16-10)15(17)12-4-5-14-11(9-12)6-8-18-14/h2-5,7,9,15,17H,6,8H2,1H3. The van der Waals surface area contributed by atoms with E-state index >= 15 is 0 Å². The van der Waals surface area contributed by atoms with Crippen LogP contribution in [0.5, 0.6) is 5.75 Å². The molecule has 0 aliphatic carbocycles. The van der Waals surface area contributed by atoms with E-state index in [1.165, 1.54) is 5.56 Å². The van der Waals surface area contributed by atoms with Crippen molar-refractivity contribution in [2.45, 2.75) is 19.4 Å². The van der Waals surface area contributed by atoms with Crippen molar-refractivity contribution in [3.05, 3.63) is 58.9 Å². The van der Waals surface area contributed by atoms with Gasteiger partial charge in [-0.05, 0) is 36.2 Å². The van der Waals surface area contributed by atoms with Crippen molar-refractivity contribution in [1.82, 2.24) is 4.98 Å². The van der Waals surface area contributed by atoms with E-state index in [2.05, 4.69) is 4.98 Å². The van der Waals surface area contributed by atoms with Crippen molar-refractivity contribution >= 4 is 0 Å². The monoisotopic (exact) mass is 241 g/mol. The molecular weight excluding hydrogens is 226 g/mol. The van der Waals surface area contributed by atoms with E-state index < -0.39 is 6.10 Å². The van der Waals surface area contributed by atoms with Gasteiger partial charge in [-0.1, -0.05) is 12.1 Å². The molecule has 1 aliphatic rings. The summed E-state index contributed by atoms with van der Waals surface area (Å²) in [6, 6.07) is 9.64. The van der Waals surface area contributed by atoms with Gasteiger partial charge >= 0.3 is 0 Å². The lowest BCUT2D eigenvalue weighted by molar-refractivity contribution is 0.219. The number of nitrogens with zero attached hydrogens (tertiary/aromatic N) is 1. The molecule has 0 bridgehead atoms. The highest BCUT2D eigenvalue weighted by molar-refractivity contribution is 5.43. The minimum atomic E-state index is -0.621. The molecular formula is C15H15NO2. The van der Waals surface area contributed by atoms with Crippen molar-refractivity contribution in [3.63, 3.8) is 0 Å². The van der Waals surface area contributed by atoms with Gasteiger partial charge in [0.05, 0.1) is 6.61 Å². The van der Waals surface area contributed by atoms with Crippen LogP contribution in [0.4, 0.5) is 0 Å². The number of benzene rings is 1. The number of aliphatic hydroxyl groups is 1. The number of aryl methyl sites for hydroxylation is 1. The largest absolute Gasteiger partial charge is 0.493 e. The average Bonchev–Trinajstić information content (AvgIpc) is 2.85. The average molecular weight is 241 g/mol. The summed E-state index contributed by atoms with van der Waals surface area (Å²) in [5.41, 5.74) is 3.79. The Balaban J connectivity index is 1.98. The third-order valence-corrected chi connectivity index (χ3v) is 3.37. The second kappa shape index (κ2) is 4.42. The van der Waals surface area contributed by atoms with Crippen molar-refractivity contribution in [1.29, 1.82) is 0 Å². The van der Waals surface area contributed by atoms with Crippen LogP contribution in [0.1, 0.15) is 28.5 Å². The van der Waals surface area contributed by atoms with E-state index in [4.69, 9.17) is 4.74 Å². The fourth-order valence-corrected chi connectivity index (χ4v) is 2.34. The molecule has 18 heavy (non-hydrogen) atoms. The van der Waals surface area contributed by atoms with E-state index in [0.29, 0.717) is 0 Å². The number of aromatic nitrogens is 1. The van der Waals surface area contributed by atoms with Crippen LogP contribution >= 0.6 is 0 Å². The lowest BCUT2D eigenvalue weighted by atomic mass is 9.98. The Morgan fingerprint density at radius 1 is 1.33 bits per heavy atom. The molecule has 1 unspecified atom stereocenters. The Kier molecular flexibility index (Phi) is 2.76. The van der Waals surface area contributed by atoms with Crippen LogP contribution in [0.2, 0.25) is 0 Å². The highest BCUT2D eigenvalue weighted by atomic mass is 16.5. The molecule has 1 aliphatic heterocycles. The molecule has 0 spiro atoms. The first-order valence-electron chi connectivity index (χ1n) is 6.11. The molecule has 0 amide bonds. The molecule has 3 rings (SSSR count). The van der Waals surface area contributed by atoms with Gasteiger partial charge in [-0.25, -0.2) is 0 Å². The highest BCUT2D eigenvalue weighted by Gasteiger charge is 2.17. The zero-order valence-corrected chi connectivity index (χ0v) is 10.3. The molecule has 3 heteroatoms. The Hall–Kier alpha value is -1.87. The van der Waals surface area contributed by atoms with E-state index in [1.54, 1.807) is 6.20 Å². The first-order chi connectivity index (χ1) is 8.75. The van der Waals surface area contributed by atoms with Crippen LogP contribution in [-0.2, 0) is 6.42 Å². The van der Waals surface area contributed by atoms with Crippen LogP contribution in [0.25, 0.3) is 0 Å². The molecule has 1 aromatic heterocycles. The van der Waals surface area contributed by atoms with Crippen molar-refractivity contribution in [3.8, 4) is 5.75 Å². The fraction of sp³-hybridized carbons (Fsp3) is 0.267. The van der Waals surface area contributed by atoms with Gasteiger partial charge in [0.2, 0.25) is 0 Å². The zero-order valence-electron chi connectivity index (χ0n) is 10.3. The second-order valence-corrected chi connectivity index (χ2v) is 4.55. The predicted molar refractivity (Wildman–Crippen MR) is 68.7 cm³/mol. The van der Waals surface area contributed by atoms with E-state index in [1.807, 2.05) is 37.3 Å². The molecule has 1 aromatic carbocycles. The lowest BCUT2D eigenvalue weighted by Crippen LogP contribution is -2.03. The summed E-state index contributed by atoms with van der Waals surface area (Å²) in [5, 5.41) is 10.4. The maximum Gasteiger partial charge on any atom is 0.122 e. The summed E-state index contributed by atoms with van der Waals surface area (Å²) in [5.74, 6) is 0.939. The summed E-state index contributed by atoms with van der Waals surface area (Å²) in [7, 11) is 0. The Morgan fingerprint density at radius 3 is 3.06 bits per heavy atom. The number of hydrogen-bond acceptors (Lipinski definition) is 3.